The smallest absolute Gasteiger partial charge is 0.310 e. The highest BCUT2D eigenvalue weighted by atomic mass is 16.5. The van der Waals surface area contributed by atoms with Gasteiger partial charge in [0.2, 0.25) is 0 Å². The Kier molecular flexibility index (Phi) is 2.78. The summed E-state index contributed by atoms with van der Waals surface area (Å²) in [4.78, 5) is 17.5. The van der Waals surface area contributed by atoms with Crippen molar-refractivity contribution in [3.63, 3.8) is 0 Å². The SMILES string of the molecule is O=c1[nH]ccnc1OCc1ccccc1. The standard InChI is InChI=1S/C11H10N2O2/c14-10-11(13-7-6-12-10)15-8-9-4-2-1-3-5-9/h1-7H,8H2,(H,12,14). The van der Waals surface area contributed by atoms with Crippen LogP contribution in [0.1, 0.15) is 5.56 Å². The topological polar surface area (TPSA) is 55.0 Å². The van der Waals surface area contributed by atoms with Crippen molar-refractivity contribution in [1.29, 1.82) is 0 Å². The first kappa shape index (κ1) is 9.45. The molecule has 0 fully saturated rings. The molecule has 0 saturated heterocycles. The van der Waals surface area contributed by atoms with Gasteiger partial charge >= 0.3 is 5.56 Å². The summed E-state index contributed by atoms with van der Waals surface area (Å²) >= 11 is 0. The van der Waals surface area contributed by atoms with Crippen LogP contribution in [0.25, 0.3) is 0 Å². The zero-order valence-electron chi connectivity index (χ0n) is 8.01. The van der Waals surface area contributed by atoms with Crippen LogP contribution in [0.5, 0.6) is 5.88 Å². The van der Waals surface area contributed by atoms with Gasteiger partial charge in [-0.25, -0.2) is 4.98 Å². The number of nitrogens with one attached hydrogen (secondary N) is 1. The number of ether oxygens (including phenoxy) is 1. The number of aromatic nitrogens is 2. The molecule has 0 atom stereocenters. The molecule has 0 amide bonds. The van der Waals surface area contributed by atoms with E-state index in [0.29, 0.717) is 6.61 Å². The maximum absolute atomic E-state index is 11.2. The van der Waals surface area contributed by atoms with Gasteiger partial charge in [0.1, 0.15) is 6.61 Å². The average Bonchev–Trinajstić information content (AvgIpc) is 2.29. The van der Waals surface area contributed by atoms with Crippen LogP contribution in [0, 0.1) is 0 Å². The van der Waals surface area contributed by atoms with Gasteiger partial charge in [0.05, 0.1) is 0 Å². The monoisotopic (exact) mass is 202 g/mol. The van der Waals surface area contributed by atoms with Gasteiger partial charge in [-0.3, -0.25) is 4.79 Å². The lowest BCUT2D eigenvalue weighted by Gasteiger charge is -2.03. The summed E-state index contributed by atoms with van der Waals surface area (Å²) < 4.78 is 5.27. The molecule has 0 aliphatic rings. The van der Waals surface area contributed by atoms with Crippen molar-refractivity contribution in [2.24, 2.45) is 0 Å². The molecule has 0 radical (unpaired) electrons. The molecule has 4 heteroatoms. The highest BCUT2D eigenvalue weighted by Gasteiger charge is 2.00. The third-order valence-electron chi connectivity index (χ3n) is 1.89. The fraction of sp³-hybridized carbons (Fsp3) is 0.0909. The first-order chi connectivity index (χ1) is 7.36. The Hall–Kier alpha value is -2.10. The predicted octanol–water partition coefficient (Wildman–Crippen LogP) is 1.35. The number of nitrogens with zero attached hydrogens (tertiary/aromatic N) is 1. The Morgan fingerprint density at radius 1 is 1.27 bits per heavy atom. The largest absolute Gasteiger partial charge is 0.469 e. The molecule has 76 valence electrons. The lowest BCUT2D eigenvalue weighted by Crippen LogP contribution is -2.11. The van der Waals surface area contributed by atoms with E-state index in [1.54, 1.807) is 0 Å². The first-order valence-corrected chi connectivity index (χ1v) is 4.56. The van der Waals surface area contributed by atoms with Gasteiger partial charge in [0.25, 0.3) is 5.88 Å². The van der Waals surface area contributed by atoms with Crippen molar-refractivity contribution in [2.45, 2.75) is 6.61 Å². The van der Waals surface area contributed by atoms with Crippen LogP contribution in [0.4, 0.5) is 0 Å². The Morgan fingerprint density at radius 2 is 2.07 bits per heavy atom. The molecule has 2 rings (SSSR count). The quantitative estimate of drug-likeness (QED) is 0.817. The molecule has 1 aromatic carbocycles. The molecule has 0 saturated carbocycles. The Balaban J connectivity index is 2.06. The second kappa shape index (κ2) is 4.41. The molecule has 2 aromatic rings. The predicted molar refractivity (Wildman–Crippen MR) is 55.6 cm³/mol. The number of rotatable bonds is 3. The minimum Gasteiger partial charge on any atom is -0.469 e. The lowest BCUT2D eigenvalue weighted by atomic mass is 10.2. The third-order valence-corrected chi connectivity index (χ3v) is 1.89. The van der Waals surface area contributed by atoms with Gasteiger partial charge in [-0.1, -0.05) is 30.3 Å². The zero-order valence-corrected chi connectivity index (χ0v) is 8.01. The Bertz CT molecular complexity index is 479. The summed E-state index contributed by atoms with van der Waals surface area (Å²) in [5.74, 6) is 0.0985. The Morgan fingerprint density at radius 3 is 2.80 bits per heavy atom. The van der Waals surface area contributed by atoms with E-state index in [2.05, 4.69) is 9.97 Å². The lowest BCUT2D eigenvalue weighted by molar-refractivity contribution is 0.289. The van der Waals surface area contributed by atoms with Crippen molar-refractivity contribution in [2.75, 3.05) is 0 Å². The van der Waals surface area contributed by atoms with E-state index >= 15 is 0 Å². The fourth-order valence-corrected chi connectivity index (χ4v) is 1.17. The molecule has 4 nitrogen and oxygen atoms in total. The number of aromatic amines is 1. The summed E-state index contributed by atoms with van der Waals surface area (Å²) in [5, 5.41) is 0. The number of hydrogen-bond donors (Lipinski definition) is 1. The van der Waals surface area contributed by atoms with Gasteiger partial charge in [0.15, 0.2) is 0 Å². The minimum atomic E-state index is -0.312. The minimum absolute atomic E-state index is 0.0985. The van der Waals surface area contributed by atoms with Crippen LogP contribution in [0.2, 0.25) is 0 Å². The van der Waals surface area contributed by atoms with E-state index < -0.39 is 0 Å². The maximum Gasteiger partial charge on any atom is 0.310 e. The van der Waals surface area contributed by atoms with Gasteiger partial charge in [-0.2, -0.15) is 0 Å². The molecule has 15 heavy (non-hydrogen) atoms. The third kappa shape index (κ3) is 2.43. The number of hydrogen-bond acceptors (Lipinski definition) is 3. The van der Waals surface area contributed by atoms with Crippen molar-refractivity contribution < 1.29 is 4.74 Å². The maximum atomic E-state index is 11.2. The zero-order chi connectivity index (χ0) is 10.5. The number of benzene rings is 1. The van der Waals surface area contributed by atoms with Gasteiger partial charge in [-0.15, -0.1) is 0 Å². The molecular weight excluding hydrogens is 192 g/mol. The molecular formula is C11H10N2O2. The molecule has 0 aliphatic carbocycles. The van der Waals surface area contributed by atoms with E-state index in [0.717, 1.165) is 5.56 Å². The summed E-state index contributed by atoms with van der Waals surface area (Å²) in [5.41, 5.74) is 0.691. The van der Waals surface area contributed by atoms with Crippen molar-refractivity contribution in [3.05, 3.63) is 58.6 Å². The van der Waals surface area contributed by atoms with E-state index in [4.69, 9.17) is 4.74 Å². The van der Waals surface area contributed by atoms with E-state index in [1.165, 1.54) is 12.4 Å². The van der Waals surface area contributed by atoms with Crippen LogP contribution in [-0.2, 0) is 6.61 Å². The molecule has 1 aromatic heterocycles. The van der Waals surface area contributed by atoms with E-state index in [1.807, 2.05) is 30.3 Å². The Labute approximate surface area is 86.6 Å². The highest BCUT2D eigenvalue weighted by molar-refractivity contribution is 5.14. The molecule has 0 spiro atoms. The van der Waals surface area contributed by atoms with Crippen LogP contribution in [0.3, 0.4) is 0 Å². The second-order valence-electron chi connectivity index (χ2n) is 3.00. The summed E-state index contributed by atoms with van der Waals surface area (Å²) in [7, 11) is 0. The van der Waals surface area contributed by atoms with Crippen molar-refractivity contribution in [1.82, 2.24) is 9.97 Å². The molecule has 0 unspecified atom stereocenters. The van der Waals surface area contributed by atoms with Gasteiger partial charge < -0.3 is 9.72 Å². The van der Waals surface area contributed by atoms with Crippen molar-refractivity contribution >= 4 is 0 Å². The molecule has 1 N–H and O–H groups in total. The van der Waals surface area contributed by atoms with Crippen LogP contribution < -0.4 is 10.3 Å². The average molecular weight is 202 g/mol. The van der Waals surface area contributed by atoms with Gasteiger partial charge in [-0.05, 0) is 5.56 Å². The summed E-state index contributed by atoms with van der Waals surface area (Å²) in [6, 6.07) is 9.62. The van der Waals surface area contributed by atoms with Crippen LogP contribution in [0.15, 0.2) is 47.5 Å². The van der Waals surface area contributed by atoms with Crippen molar-refractivity contribution in [3.8, 4) is 5.88 Å². The molecule has 1 heterocycles. The normalized spacial score (nSPS) is 9.87. The van der Waals surface area contributed by atoms with E-state index in [9.17, 15) is 4.79 Å². The highest BCUT2D eigenvalue weighted by Crippen LogP contribution is 2.02. The fourth-order valence-electron chi connectivity index (χ4n) is 1.17. The van der Waals surface area contributed by atoms with Crippen LogP contribution in [-0.4, -0.2) is 9.97 Å². The first-order valence-electron chi connectivity index (χ1n) is 4.56. The van der Waals surface area contributed by atoms with Gasteiger partial charge in [0, 0.05) is 12.4 Å². The molecule has 0 aliphatic heterocycles. The number of H-pyrrole nitrogens is 1. The van der Waals surface area contributed by atoms with E-state index in [-0.39, 0.29) is 11.4 Å². The summed E-state index contributed by atoms with van der Waals surface area (Å²) in [6.07, 6.45) is 2.96. The van der Waals surface area contributed by atoms with Crippen LogP contribution >= 0.6 is 0 Å². The molecule has 0 bridgehead atoms. The summed E-state index contributed by atoms with van der Waals surface area (Å²) in [6.45, 7) is 0.348. The second-order valence-corrected chi connectivity index (χ2v) is 3.00.